The van der Waals surface area contributed by atoms with Crippen LogP contribution < -0.4 is 0 Å². The minimum Gasteiger partial charge on any atom is -0.294 e. The van der Waals surface area contributed by atoms with E-state index in [2.05, 4.69) is 13.8 Å². The van der Waals surface area contributed by atoms with Gasteiger partial charge in [0, 0.05) is 11.3 Å². The molecular formula is C17H19NO3. The van der Waals surface area contributed by atoms with Gasteiger partial charge < -0.3 is 0 Å². The number of carbonyl (C=O) groups excluding carboxylic acids is 1. The van der Waals surface area contributed by atoms with Crippen LogP contribution in [0.1, 0.15) is 39.2 Å². The molecule has 1 aromatic rings. The van der Waals surface area contributed by atoms with Gasteiger partial charge in [0.05, 0.1) is 16.1 Å². The number of ketones is 1. The van der Waals surface area contributed by atoms with Gasteiger partial charge in [0.2, 0.25) is 0 Å². The molecule has 1 aromatic carbocycles. The SMILES string of the molecule is CC12CCC(C(=C(c3ccccc3)[N+](=O)[O-])C1=O)C2(C)C. The number of allylic oxidation sites excluding steroid dienone is 1. The van der Waals surface area contributed by atoms with Gasteiger partial charge in [-0.05, 0) is 30.4 Å². The van der Waals surface area contributed by atoms with Crippen molar-refractivity contribution in [1.29, 1.82) is 0 Å². The summed E-state index contributed by atoms with van der Waals surface area (Å²) in [5.74, 6) is -0.0464. The highest BCUT2D eigenvalue weighted by Gasteiger charge is 2.66. The molecule has 0 N–H and O–H groups in total. The van der Waals surface area contributed by atoms with Crippen LogP contribution in [0, 0.1) is 26.9 Å². The van der Waals surface area contributed by atoms with Gasteiger partial charge in [-0.2, -0.15) is 0 Å². The van der Waals surface area contributed by atoms with Crippen molar-refractivity contribution < 1.29 is 9.72 Å². The fraction of sp³-hybridized carbons (Fsp3) is 0.471. The lowest BCUT2D eigenvalue weighted by atomic mass is 9.70. The molecule has 0 aliphatic heterocycles. The van der Waals surface area contributed by atoms with Crippen LogP contribution in [0.5, 0.6) is 0 Å². The van der Waals surface area contributed by atoms with Gasteiger partial charge in [0.25, 0.3) is 5.70 Å². The van der Waals surface area contributed by atoms with Crippen LogP contribution in [0.15, 0.2) is 35.9 Å². The summed E-state index contributed by atoms with van der Waals surface area (Å²) in [4.78, 5) is 24.1. The minimum absolute atomic E-state index is 0.00194. The predicted octanol–water partition coefficient (Wildman–Crippen LogP) is 3.70. The van der Waals surface area contributed by atoms with Gasteiger partial charge in [-0.15, -0.1) is 0 Å². The molecule has 2 aliphatic carbocycles. The van der Waals surface area contributed by atoms with Crippen molar-refractivity contribution in [3.8, 4) is 0 Å². The van der Waals surface area contributed by atoms with Crippen LogP contribution in [0.3, 0.4) is 0 Å². The summed E-state index contributed by atoms with van der Waals surface area (Å²) < 4.78 is 0. The van der Waals surface area contributed by atoms with E-state index in [1.165, 1.54) is 0 Å². The van der Waals surface area contributed by atoms with Gasteiger partial charge in [-0.25, -0.2) is 0 Å². The topological polar surface area (TPSA) is 60.2 Å². The Morgan fingerprint density at radius 3 is 2.33 bits per heavy atom. The van der Waals surface area contributed by atoms with Gasteiger partial charge >= 0.3 is 0 Å². The molecule has 0 saturated heterocycles. The summed E-state index contributed by atoms with van der Waals surface area (Å²) in [7, 11) is 0. The van der Waals surface area contributed by atoms with Gasteiger partial charge in [-0.3, -0.25) is 14.9 Å². The van der Waals surface area contributed by atoms with Crippen molar-refractivity contribution in [1.82, 2.24) is 0 Å². The van der Waals surface area contributed by atoms with Crippen LogP contribution >= 0.6 is 0 Å². The van der Waals surface area contributed by atoms with Crippen molar-refractivity contribution in [2.45, 2.75) is 33.6 Å². The Bertz CT molecular complexity index is 660. The van der Waals surface area contributed by atoms with E-state index >= 15 is 0 Å². The monoisotopic (exact) mass is 285 g/mol. The van der Waals surface area contributed by atoms with E-state index in [0.29, 0.717) is 11.1 Å². The zero-order valence-electron chi connectivity index (χ0n) is 12.6. The average molecular weight is 285 g/mol. The van der Waals surface area contributed by atoms with E-state index in [9.17, 15) is 14.9 Å². The molecule has 0 aromatic heterocycles. The zero-order valence-corrected chi connectivity index (χ0v) is 12.6. The molecule has 2 bridgehead atoms. The van der Waals surface area contributed by atoms with Gasteiger partial charge in [0.15, 0.2) is 5.78 Å². The molecule has 2 aliphatic rings. The maximum absolute atomic E-state index is 12.9. The minimum atomic E-state index is -0.469. The largest absolute Gasteiger partial charge is 0.294 e. The number of rotatable bonds is 2. The van der Waals surface area contributed by atoms with Crippen molar-refractivity contribution in [2.24, 2.45) is 16.7 Å². The maximum Gasteiger partial charge on any atom is 0.283 e. The first-order chi connectivity index (χ1) is 9.80. The second-order valence-corrected chi connectivity index (χ2v) is 6.86. The number of Topliss-reactive ketones (excluding diaryl/α,β-unsaturated/α-hetero) is 1. The molecule has 4 nitrogen and oxygen atoms in total. The average Bonchev–Trinajstić information content (AvgIpc) is 2.74. The summed E-state index contributed by atoms with van der Waals surface area (Å²) >= 11 is 0. The number of benzene rings is 1. The Hall–Kier alpha value is -1.97. The number of hydrogen-bond donors (Lipinski definition) is 0. The number of carbonyl (C=O) groups is 1. The third kappa shape index (κ3) is 1.65. The lowest BCUT2D eigenvalue weighted by molar-refractivity contribution is -0.376. The van der Waals surface area contributed by atoms with E-state index in [0.717, 1.165) is 12.8 Å². The number of nitrogens with zero attached hydrogens (tertiary/aromatic N) is 1. The third-order valence-corrected chi connectivity index (χ3v) is 5.81. The quantitative estimate of drug-likeness (QED) is 0.473. The highest BCUT2D eigenvalue weighted by atomic mass is 16.6. The van der Waals surface area contributed by atoms with Crippen LogP contribution in [0.2, 0.25) is 0 Å². The second-order valence-electron chi connectivity index (χ2n) is 6.86. The first-order valence-electron chi connectivity index (χ1n) is 7.29. The Morgan fingerprint density at radius 2 is 1.86 bits per heavy atom. The van der Waals surface area contributed by atoms with E-state index in [1.54, 1.807) is 24.3 Å². The Morgan fingerprint density at radius 1 is 1.24 bits per heavy atom. The van der Waals surface area contributed by atoms with Crippen LogP contribution in [-0.2, 0) is 4.79 Å². The van der Waals surface area contributed by atoms with Gasteiger partial charge in [0.1, 0.15) is 0 Å². The lowest BCUT2D eigenvalue weighted by Crippen LogP contribution is -2.32. The highest BCUT2D eigenvalue weighted by molar-refractivity contribution is 6.09. The van der Waals surface area contributed by atoms with E-state index in [1.807, 2.05) is 13.0 Å². The molecule has 0 radical (unpaired) electrons. The predicted molar refractivity (Wildman–Crippen MR) is 80.0 cm³/mol. The van der Waals surface area contributed by atoms with Crippen molar-refractivity contribution >= 4 is 11.5 Å². The summed E-state index contributed by atoms with van der Waals surface area (Å²) in [6.45, 7) is 6.10. The van der Waals surface area contributed by atoms with Crippen molar-refractivity contribution in [3.63, 3.8) is 0 Å². The number of nitro groups is 1. The maximum atomic E-state index is 12.9. The van der Waals surface area contributed by atoms with Crippen LogP contribution in [0.25, 0.3) is 5.70 Å². The van der Waals surface area contributed by atoms with E-state index in [4.69, 9.17) is 0 Å². The molecule has 0 heterocycles. The van der Waals surface area contributed by atoms with Crippen molar-refractivity contribution in [3.05, 3.63) is 51.6 Å². The first kappa shape index (κ1) is 14.0. The normalized spacial score (nSPS) is 32.3. The molecule has 2 atom stereocenters. The molecule has 110 valence electrons. The third-order valence-electron chi connectivity index (χ3n) is 5.81. The molecule has 4 heteroatoms. The summed E-state index contributed by atoms with van der Waals surface area (Å²) in [5.41, 5.74) is 0.281. The lowest BCUT2D eigenvalue weighted by Gasteiger charge is -2.31. The summed E-state index contributed by atoms with van der Waals surface area (Å²) in [6, 6.07) is 8.77. The summed E-state index contributed by atoms with van der Waals surface area (Å²) in [6.07, 6.45) is 1.68. The fourth-order valence-electron chi connectivity index (χ4n) is 4.10. The van der Waals surface area contributed by atoms with E-state index < -0.39 is 5.41 Å². The molecule has 0 spiro atoms. The van der Waals surface area contributed by atoms with Crippen LogP contribution in [0.4, 0.5) is 0 Å². The molecule has 21 heavy (non-hydrogen) atoms. The second kappa shape index (κ2) is 4.26. The standard InChI is InChI=1S/C17H19NO3/c1-16(2)12-9-10-17(16,3)15(19)13(12)14(18(20)21)11-7-5-4-6-8-11/h4-8,12H,9-10H2,1-3H3. The highest BCUT2D eigenvalue weighted by Crippen LogP contribution is 2.66. The Balaban J connectivity index is 2.26. The number of fused-ring (bicyclic) bond motifs is 2. The smallest absolute Gasteiger partial charge is 0.283 e. The zero-order chi connectivity index (χ0) is 15.4. The molecule has 2 fully saturated rings. The van der Waals surface area contributed by atoms with E-state index in [-0.39, 0.29) is 27.7 Å². The molecule has 0 amide bonds. The van der Waals surface area contributed by atoms with Crippen molar-refractivity contribution in [2.75, 3.05) is 0 Å². The number of hydrogen-bond acceptors (Lipinski definition) is 3. The van der Waals surface area contributed by atoms with Crippen LogP contribution in [-0.4, -0.2) is 10.7 Å². The Labute approximate surface area is 124 Å². The first-order valence-corrected chi connectivity index (χ1v) is 7.29. The molecular weight excluding hydrogens is 266 g/mol. The Kier molecular flexibility index (Phi) is 2.84. The molecule has 3 rings (SSSR count). The van der Waals surface area contributed by atoms with Gasteiger partial charge in [-0.1, -0.05) is 39.0 Å². The summed E-state index contributed by atoms with van der Waals surface area (Å²) in [5, 5.41) is 11.6. The fourth-order valence-corrected chi connectivity index (χ4v) is 4.10. The molecule has 2 unspecified atom stereocenters. The molecule has 2 saturated carbocycles.